The van der Waals surface area contributed by atoms with Crippen LogP contribution in [0.1, 0.15) is 28.9 Å². The van der Waals surface area contributed by atoms with Gasteiger partial charge in [-0.15, -0.1) is 0 Å². The lowest BCUT2D eigenvalue weighted by atomic mass is 10.0. The number of nitrogens with zero attached hydrogens (tertiary/aromatic N) is 2. The number of nitrogens with one attached hydrogen (secondary N) is 1. The molecule has 116 valence electrons. The summed E-state index contributed by atoms with van der Waals surface area (Å²) in [6.07, 6.45) is 1.80. The summed E-state index contributed by atoms with van der Waals surface area (Å²) >= 11 is 0. The standard InChI is InChI=1S/C19H19N3O/c1-15(16-8-4-2-5-9-16)14-20-19(23)18-12-13-22(21-18)17-10-6-3-7-11-17/h2-13,15H,14H2,1H3,(H,20,23)/t15-/m0/s1. The van der Waals surface area contributed by atoms with Crippen molar-refractivity contribution in [2.45, 2.75) is 12.8 Å². The first-order valence-electron chi connectivity index (χ1n) is 7.68. The van der Waals surface area contributed by atoms with Crippen LogP contribution in [0.2, 0.25) is 0 Å². The fourth-order valence-corrected chi connectivity index (χ4v) is 2.41. The van der Waals surface area contributed by atoms with Crippen molar-refractivity contribution >= 4 is 5.91 Å². The summed E-state index contributed by atoms with van der Waals surface area (Å²) in [5.74, 6) is 0.110. The van der Waals surface area contributed by atoms with Gasteiger partial charge in [-0.25, -0.2) is 4.68 Å². The maximum atomic E-state index is 12.2. The molecule has 3 rings (SSSR count). The normalized spacial score (nSPS) is 11.9. The minimum absolute atomic E-state index is 0.150. The van der Waals surface area contributed by atoms with Crippen molar-refractivity contribution in [3.8, 4) is 5.69 Å². The van der Waals surface area contributed by atoms with Crippen molar-refractivity contribution < 1.29 is 4.79 Å². The summed E-state index contributed by atoms with van der Waals surface area (Å²) in [4.78, 5) is 12.2. The van der Waals surface area contributed by atoms with Crippen LogP contribution in [0.5, 0.6) is 0 Å². The molecule has 1 aromatic heterocycles. The first kappa shape index (κ1) is 15.0. The molecule has 1 atom stereocenters. The molecule has 0 saturated heterocycles. The molecule has 23 heavy (non-hydrogen) atoms. The molecule has 0 bridgehead atoms. The molecule has 0 aliphatic rings. The van der Waals surface area contributed by atoms with Crippen LogP contribution in [0, 0.1) is 0 Å². The first-order chi connectivity index (χ1) is 11.2. The first-order valence-corrected chi connectivity index (χ1v) is 7.68. The lowest BCUT2D eigenvalue weighted by Crippen LogP contribution is -2.28. The quantitative estimate of drug-likeness (QED) is 0.785. The molecule has 0 aliphatic heterocycles. The van der Waals surface area contributed by atoms with Crippen molar-refractivity contribution in [3.05, 3.63) is 84.2 Å². The number of carbonyl (C=O) groups is 1. The van der Waals surface area contributed by atoms with Gasteiger partial charge in [0.05, 0.1) is 5.69 Å². The van der Waals surface area contributed by atoms with Crippen molar-refractivity contribution in [3.63, 3.8) is 0 Å². The second kappa shape index (κ2) is 6.92. The van der Waals surface area contributed by atoms with E-state index in [1.165, 1.54) is 5.56 Å². The predicted octanol–water partition coefficient (Wildman–Crippen LogP) is 3.41. The number of rotatable bonds is 5. The molecule has 0 saturated carbocycles. The molecule has 0 spiro atoms. The molecular weight excluding hydrogens is 286 g/mol. The highest BCUT2D eigenvalue weighted by atomic mass is 16.1. The Morgan fingerprint density at radius 1 is 1.04 bits per heavy atom. The summed E-state index contributed by atoms with van der Waals surface area (Å²) < 4.78 is 1.70. The Morgan fingerprint density at radius 2 is 1.70 bits per heavy atom. The summed E-state index contributed by atoms with van der Waals surface area (Å²) in [6, 6.07) is 21.6. The van der Waals surface area contributed by atoms with E-state index in [4.69, 9.17) is 0 Å². The number of hydrogen-bond acceptors (Lipinski definition) is 2. The van der Waals surface area contributed by atoms with Gasteiger partial charge in [0.15, 0.2) is 5.69 Å². The Labute approximate surface area is 135 Å². The monoisotopic (exact) mass is 305 g/mol. The zero-order valence-corrected chi connectivity index (χ0v) is 13.0. The summed E-state index contributed by atoms with van der Waals surface area (Å²) in [7, 11) is 0. The minimum atomic E-state index is -0.150. The number of carbonyl (C=O) groups excluding carboxylic acids is 1. The largest absolute Gasteiger partial charge is 0.350 e. The molecule has 0 radical (unpaired) electrons. The third-order valence-electron chi connectivity index (χ3n) is 3.78. The van der Waals surface area contributed by atoms with Gasteiger partial charge in [0.1, 0.15) is 0 Å². The van der Waals surface area contributed by atoms with Crippen molar-refractivity contribution in [2.75, 3.05) is 6.54 Å². The molecule has 1 N–H and O–H groups in total. The Morgan fingerprint density at radius 3 is 2.39 bits per heavy atom. The van der Waals surface area contributed by atoms with Gasteiger partial charge in [-0.1, -0.05) is 55.5 Å². The predicted molar refractivity (Wildman–Crippen MR) is 90.8 cm³/mol. The lowest BCUT2D eigenvalue weighted by Gasteiger charge is -2.12. The maximum Gasteiger partial charge on any atom is 0.271 e. The van der Waals surface area contributed by atoms with Gasteiger partial charge in [0, 0.05) is 12.7 Å². The van der Waals surface area contributed by atoms with Crippen LogP contribution in [-0.2, 0) is 0 Å². The lowest BCUT2D eigenvalue weighted by molar-refractivity contribution is 0.0946. The van der Waals surface area contributed by atoms with Gasteiger partial charge in [-0.05, 0) is 29.7 Å². The summed E-state index contributed by atoms with van der Waals surface area (Å²) in [6.45, 7) is 2.68. The van der Waals surface area contributed by atoms with E-state index >= 15 is 0 Å². The van der Waals surface area contributed by atoms with Crippen molar-refractivity contribution in [1.82, 2.24) is 15.1 Å². The van der Waals surface area contributed by atoms with Crippen LogP contribution in [0.3, 0.4) is 0 Å². The topological polar surface area (TPSA) is 46.9 Å². The molecular formula is C19H19N3O. The van der Waals surface area contributed by atoms with Gasteiger partial charge in [-0.2, -0.15) is 5.10 Å². The molecule has 3 aromatic rings. The SMILES string of the molecule is C[C@@H](CNC(=O)c1ccn(-c2ccccc2)n1)c1ccccc1. The van der Waals surface area contributed by atoms with E-state index in [0.29, 0.717) is 12.2 Å². The fraction of sp³-hybridized carbons (Fsp3) is 0.158. The van der Waals surface area contributed by atoms with Crippen LogP contribution in [0.15, 0.2) is 72.9 Å². The smallest absolute Gasteiger partial charge is 0.271 e. The highest BCUT2D eigenvalue weighted by molar-refractivity contribution is 5.92. The molecule has 0 aliphatic carbocycles. The van der Waals surface area contributed by atoms with Crippen LogP contribution < -0.4 is 5.32 Å². The molecule has 2 aromatic carbocycles. The zero-order chi connectivity index (χ0) is 16.1. The Bertz CT molecular complexity index is 766. The van der Waals surface area contributed by atoms with E-state index < -0.39 is 0 Å². The van der Waals surface area contributed by atoms with E-state index in [1.807, 2.05) is 48.5 Å². The molecule has 0 unspecified atom stereocenters. The van der Waals surface area contributed by atoms with E-state index in [1.54, 1.807) is 16.9 Å². The van der Waals surface area contributed by atoms with Gasteiger partial charge < -0.3 is 5.32 Å². The summed E-state index contributed by atoms with van der Waals surface area (Å²) in [5.41, 5.74) is 2.57. The molecule has 0 fully saturated rings. The van der Waals surface area contributed by atoms with Gasteiger partial charge in [0.2, 0.25) is 0 Å². The van der Waals surface area contributed by atoms with Gasteiger partial charge >= 0.3 is 0 Å². The van der Waals surface area contributed by atoms with Crippen LogP contribution in [-0.4, -0.2) is 22.2 Å². The highest BCUT2D eigenvalue weighted by Gasteiger charge is 2.12. The number of aromatic nitrogens is 2. The fourth-order valence-electron chi connectivity index (χ4n) is 2.41. The second-order valence-electron chi connectivity index (χ2n) is 5.50. The minimum Gasteiger partial charge on any atom is -0.350 e. The van der Waals surface area contributed by atoms with Crippen LogP contribution >= 0.6 is 0 Å². The Hall–Kier alpha value is -2.88. The zero-order valence-electron chi connectivity index (χ0n) is 13.0. The second-order valence-corrected chi connectivity index (χ2v) is 5.50. The Kier molecular flexibility index (Phi) is 4.52. The Balaban J connectivity index is 1.62. The number of hydrogen-bond donors (Lipinski definition) is 1. The van der Waals surface area contributed by atoms with E-state index in [0.717, 1.165) is 5.69 Å². The van der Waals surface area contributed by atoms with Crippen molar-refractivity contribution in [2.24, 2.45) is 0 Å². The molecule has 4 heteroatoms. The molecule has 4 nitrogen and oxygen atoms in total. The highest BCUT2D eigenvalue weighted by Crippen LogP contribution is 2.13. The third kappa shape index (κ3) is 3.66. The van der Waals surface area contributed by atoms with Crippen LogP contribution in [0.25, 0.3) is 5.69 Å². The van der Waals surface area contributed by atoms with E-state index in [-0.39, 0.29) is 11.8 Å². The maximum absolute atomic E-state index is 12.2. The average molecular weight is 305 g/mol. The van der Waals surface area contributed by atoms with Gasteiger partial charge in [0.25, 0.3) is 5.91 Å². The molecule has 1 amide bonds. The van der Waals surface area contributed by atoms with Crippen molar-refractivity contribution in [1.29, 1.82) is 0 Å². The van der Waals surface area contributed by atoms with Crippen LogP contribution in [0.4, 0.5) is 0 Å². The third-order valence-corrected chi connectivity index (χ3v) is 3.78. The average Bonchev–Trinajstić information content (AvgIpc) is 3.11. The number of para-hydroxylation sites is 1. The van der Waals surface area contributed by atoms with E-state index in [2.05, 4.69) is 29.5 Å². The number of amides is 1. The molecule has 1 heterocycles. The van der Waals surface area contributed by atoms with E-state index in [9.17, 15) is 4.79 Å². The van der Waals surface area contributed by atoms with Gasteiger partial charge in [-0.3, -0.25) is 4.79 Å². The summed E-state index contributed by atoms with van der Waals surface area (Å²) in [5, 5.41) is 7.28. The number of benzene rings is 2.